The van der Waals surface area contributed by atoms with E-state index in [1.54, 1.807) is 37.7 Å². The summed E-state index contributed by atoms with van der Waals surface area (Å²) >= 11 is 0. The second-order valence-corrected chi connectivity index (χ2v) is 7.23. The Kier molecular flexibility index (Phi) is 4.23. The number of methoxy groups -OCH3 is 1. The highest BCUT2D eigenvalue weighted by Crippen LogP contribution is 2.35. The number of aromatic nitrogens is 1. The van der Waals surface area contributed by atoms with Crippen molar-refractivity contribution in [3.05, 3.63) is 48.3 Å². The Labute approximate surface area is 136 Å². The second-order valence-electron chi connectivity index (χ2n) is 5.40. The van der Waals surface area contributed by atoms with E-state index in [-0.39, 0.29) is 11.5 Å². The minimum absolute atomic E-state index is 0.253. The highest BCUT2D eigenvalue weighted by molar-refractivity contribution is 7.93. The van der Waals surface area contributed by atoms with Crippen LogP contribution in [-0.2, 0) is 21.4 Å². The summed E-state index contributed by atoms with van der Waals surface area (Å²) < 4.78 is 32.9. The first-order valence-corrected chi connectivity index (χ1v) is 8.74. The first-order chi connectivity index (χ1) is 11.1. The molecule has 0 bridgehead atoms. The number of benzene rings is 1. The maximum absolute atomic E-state index is 13.2. The number of pyridine rings is 1. The molecule has 1 aromatic heterocycles. The van der Waals surface area contributed by atoms with Gasteiger partial charge < -0.3 is 9.64 Å². The van der Waals surface area contributed by atoms with Crippen molar-refractivity contribution in [1.82, 2.24) is 4.98 Å². The number of likely N-dealkylation sites (N-methyl/N-ethyl adjacent to an activating group) is 1. The molecular formula is C16H19N3O3S. The Morgan fingerprint density at radius 1 is 1.17 bits per heavy atom. The fraction of sp³-hybridized carbons (Fsp3) is 0.312. The van der Waals surface area contributed by atoms with Crippen LogP contribution >= 0.6 is 0 Å². The lowest BCUT2D eigenvalue weighted by Crippen LogP contribution is -2.43. The maximum Gasteiger partial charge on any atom is 0.264 e. The van der Waals surface area contributed by atoms with Crippen molar-refractivity contribution in [3.8, 4) is 0 Å². The summed E-state index contributed by atoms with van der Waals surface area (Å²) in [5, 5.41) is 0. The number of nitrogens with zero attached hydrogens (tertiary/aromatic N) is 3. The van der Waals surface area contributed by atoms with Gasteiger partial charge in [-0.2, -0.15) is 0 Å². The van der Waals surface area contributed by atoms with Gasteiger partial charge in [-0.05, 0) is 17.7 Å². The topological polar surface area (TPSA) is 62.7 Å². The highest BCUT2D eigenvalue weighted by Gasteiger charge is 2.32. The van der Waals surface area contributed by atoms with Gasteiger partial charge >= 0.3 is 0 Å². The summed E-state index contributed by atoms with van der Waals surface area (Å²) in [5.41, 5.74) is 2.12. The van der Waals surface area contributed by atoms with E-state index < -0.39 is 10.0 Å². The molecule has 0 saturated carbocycles. The van der Waals surface area contributed by atoms with Crippen molar-refractivity contribution >= 4 is 21.4 Å². The van der Waals surface area contributed by atoms with Crippen molar-refractivity contribution in [3.63, 3.8) is 0 Å². The molecular weight excluding hydrogens is 314 g/mol. The summed E-state index contributed by atoms with van der Waals surface area (Å²) in [6, 6.07) is 8.77. The van der Waals surface area contributed by atoms with E-state index in [0.717, 1.165) is 5.69 Å². The van der Waals surface area contributed by atoms with Crippen LogP contribution in [0.25, 0.3) is 0 Å². The molecule has 1 aliphatic rings. The van der Waals surface area contributed by atoms with Gasteiger partial charge in [0.15, 0.2) is 0 Å². The van der Waals surface area contributed by atoms with Crippen molar-refractivity contribution in [2.24, 2.45) is 0 Å². The molecule has 0 spiro atoms. The fourth-order valence-corrected chi connectivity index (χ4v) is 4.44. The molecule has 0 unspecified atom stereocenters. The Morgan fingerprint density at radius 2 is 1.96 bits per heavy atom. The van der Waals surface area contributed by atoms with E-state index in [4.69, 9.17) is 4.74 Å². The molecule has 23 heavy (non-hydrogen) atoms. The minimum atomic E-state index is -3.67. The molecule has 1 aromatic carbocycles. The summed E-state index contributed by atoms with van der Waals surface area (Å²) in [4.78, 5) is 6.40. The molecule has 1 aliphatic heterocycles. The van der Waals surface area contributed by atoms with Gasteiger partial charge in [-0.3, -0.25) is 9.29 Å². The quantitative estimate of drug-likeness (QED) is 0.855. The second kappa shape index (κ2) is 6.17. The van der Waals surface area contributed by atoms with Crippen molar-refractivity contribution in [1.29, 1.82) is 0 Å². The van der Waals surface area contributed by atoms with Crippen LogP contribution in [-0.4, -0.2) is 40.6 Å². The third-order valence-corrected chi connectivity index (χ3v) is 5.85. The maximum atomic E-state index is 13.2. The molecule has 0 N–H and O–H groups in total. The molecule has 122 valence electrons. The van der Waals surface area contributed by atoms with Gasteiger partial charge in [-0.1, -0.05) is 18.2 Å². The zero-order chi connectivity index (χ0) is 16.4. The van der Waals surface area contributed by atoms with Crippen LogP contribution in [0.4, 0.5) is 11.4 Å². The molecule has 3 rings (SSSR count). The van der Waals surface area contributed by atoms with Gasteiger partial charge in [0.05, 0.1) is 35.6 Å². The molecule has 0 amide bonds. The molecule has 7 heteroatoms. The molecule has 0 fully saturated rings. The molecule has 2 heterocycles. The molecule has 6 nitrogen and oxygen atoms in total. The van der Waals surface area contributed by atoms with Gasteiger partial charge in [-0.15, -0.1) is 0 Å². The molecule has 0 aliphatic carbocycles. The number of rotatable bonds is 4. The minimum Gasteiger partial charge on any atom is -0.380 e. The van der Waals surface area contributed by atoms with E-state index in [2.05, 4.69) is 4.98 Å². The standard InChI is InChI=1S/C16H19N3O3S/c1-18-9-10-19(15-11-17-8-7-14(15)18)23(20,21)16-6-4-3-5-13(16)12-22-2/h3-8,11H,9-10,12H2,1-2H3. The zero-order valence-electron chi connectivity index (χ0n) is 13.1. The highest BCUT2D eigenvalue weighted by atomic mass is 32.2. The van der Waals surface area contributed by atoms with E-state index in [1.807, 2.05) is 24.1 Å². The first kappa shape index (κ1) is 15.8. The van der Waals surface area contributed by atoms with Gasteiger partial charge in [0.25, 0.3) is 10.0 Å². The molecule has 0 atom stereocenters. The van der Waals surface area contributed by atoms with Crippen molar-refractivity contribution in [2.45, 2.75) is 11.5 Å². The van der Waals surface area contributed by atoms with Crippen LogP contribution in [0.5, 0.6) is 0 Å². The summed E-state index contributed by atoms with van der Waals surface area (Å²) in [6.07, 6.45) is 3.27. The molecule has 0 radical (unpaired) electrons. The van der Waals surface area contributed by atoms with Crippen LogP contribution in [0.1, 0.15) is 5.56 Å². The van der Waals surface area contributed by atoms with Crippen LogP contribution in [0.2, 0.25) is 0 Å². The van der Waals surface area contributed by atoms with E-state index in [1.165, 1.54) is 4.31 Å². The molecule has 0 saturated heterocycles. The van der Waals surface area contributed by atoms with Gasteiger partial charge in [0.2, 0.25) is 0 Å². The van der Waals surface area contributed by atoms with E-state index >= 15 is 0 Å². The summed E-state index contributed by atoms with van der Waals surface area (Å²) in [7, 11) is -0.165. The van der Waals surface area contributed by atoms with Gasteiger partial charge in [0, 0.05) is 26.9 Å². The monoisotopic (exact) mass is 333 g/mol. The lowest BCUT2D eigenvalue weighted by molar-refractivity contribution is 0.182. The normalized spacial score (nSPS) is 14.7. The Morgan fingerprint density at radius 3 is 2.74 bits per heavy atom. The zero-order valence-corrected chi connectivity index (χ0v) is 14.0. The fourth-order valence-electron chi connectivity index (χ4n) is 2.77. The van der Waals surface area contributed by atoms with Crippen LogP contribution in [0.15, 0.2) is 47.6 Å². The van der Waals surface area contributed by atoms with E-state index in [9.17, 15) is 8.42 Å². The lowest BCUT2D eigenvalue weighted by atomic mass is 10.2. The number of hydrogen-bond donors (Lipinski definition) is 0. The first-order valence-electron chi connectivity index (χ1n) is 7.30. The SMILES string of the molecule is COCc1ccccc1S(=O)(=O)N1CCN(C)c2ccncc21. The predicted molar refractivity (Wildman–Crippen MR) is 89.2 cm³/mol. The van der Waals surface area contributed by atoms with Crippen molar-refractivity contribution in [2.75, 3.05) is 36.5 Å². The number of ether oxygens (including phenoxy) is 1. The Bertz CT molecular complexity index is 808. The van der Waals surface area contributed by atoms with Crippen LogP contribution in [0, 0.1) is 0 Å². The predicted octanol–water partition coefficient (Wildman–Crippen LogP) is 1.87. The number of fused-ring (bicyclic) bond motifs is 1. The third-order valence-electron chi connectivity index (χ3n) is 3.94. The Hall–Kier alpha value is -2.12. The molecule has 2 aromatic rings. The smallest absolute Gasteiger partial charge is 0.264 e. The Balaban J connectivity index is 2.10. The van der Waals surface area contributed by atoms with E-state index in [0.29, 0.717) is 24.3 Å². The third kappa shape index (κ3) is 2.77. The van der Waals surface area contributed by atoms with Crippen LogP contribution < -0.4 is 9.21 Å². The number of hydrogen-bond acceptors (Lipinski definition) is 5. The van der Waals surface area contributed by atoms with Crippen LogP contribution in [0.3, 0.4) is 0 Å². The van der Waals surface area contributed by atoms with Gasteiger partial charge in [-0.25, -0.2) is 8.42 Å². The van der Waals surface area contributed by atoms with Gasteiger partial charge in [0.1, 0.15) is 0 Å². The number of sulfonamides is 1. The summed E-state index contributed by atoms with van der Waals surface area (Å²) in [5.74, 6) is 0. The largest absolute Gasteiger partial charge is 0.380 e. The lowest BCUT2D eigenvalue weighted by Gasteiger charge is -2.36. The number of anilines is 2. The summed E-state index contributed by atoms with van der Waals surface area (Å²) in [6.45, 7) is 1.27. The average molecular weight is 333 g/mol. The van der Waals surface area contributed by atoms with Crippen molar-refractivity contribution < 1.29 is 13.2 Å². The average Bonchev–Trinajstić information content (AvgIpc) is 2.56.